The van der Waals surface area contributed by atoms with Crippen LogP contribution in [0.3, 0.4) is 0 Å². The Bertz CT molecular complexity index is 700. The van der Waals surface area contributed by atoms with Gasteiger partial charge in [-0.2, -0.15) is 18.3 Å². The first-order chi connectivity index (χ1) is 10.8. The van der Waals surface area contributed by atoms with E-state index in [1.54, 1.807) is 10.9 Å². The molecule has 3 rings (SSSR count). The van der Waals surface area contributed by atoms with Gasteiger partial charge in [0, 0.05) is 31.5 Å². The third kappa shape index (κ3) is 3.17. The minimum Gasteiger partial charge on any atom is -0.367 e. The van der Waals surface area contributed by atoms with E-state index in [9.17, 15) is 13.2 Å². The fourth-order valence-electron chi connectivity index (χ4n) is 2.70. The molecule has 3 heterocycles. The maximum Gasteiger partial charge on any atom is 0.416 e. The van der Waals surface area contributed by atoms with Crippen molar-refractivity contribution in [1.82, 2.24) is 14.8 Å². The van der Waals surface area contributed by atoms with E-state index in [0.717, 1.165) is 17.7 Å². The first-order valence-electron chi connectivity index (χ1n) is 7.19. The molecule has 0 spiro atoms. The number of anilines is 1. The summed E-state index contributed by atoms with van der Waals surface area (Å²) in [6.07, 6.45) is 0.373. The van der Waals surface area contributed by atoms with Crippen molar-refractivity contribution < 1.29 is 17.9 Å². The Labute approximate surface area is 131 Å². The standard InChI is InChI=1S/C15H17F3N4O/c1-14(12-8-20-21(2)9-12)10-22(5-6-23-14)13-7-11(3-4-19-13)15(16,17)18/h3-4,7-9H,5-6,10H2,1-2H3. The quantitative estimate of drug-likeness (QED) is 0.851. The predicted molar refractivity (Wildman–Crippen MR) is 78.0 cm³/mol. The molecule has 0 bridgehead atoms. The van der Waals surface area contributed by atoms with Crippen molar-refractivity contribution in [2.45, 2.75) is 18.7 Å². The molecule has 0 radical (unpaired) electrons. The molecule has 1 fully saturated rings. The molecule has 0 saturated carbocycles. The van der Waals surface area contributed by atoms with Gasteiger partial charge >= 0.3 is 6.18 Å². The summed E-state index contributed by atoms with van der Waals surface area (Å²) in [6, 6.07) is 2.05. The average Bonchev–Trinajstić information content (AvgIpc) is 2.94. The van der Waals surface area contributed by atoms with Crippen molar-refractivity contribution in [3.05, 3.63) is 41.9 Å². The van der Waals surface area contributed by atoms with Gasteiger partial charge in [0.1, 0.15) is 11.4 Å². The zero-order valence-corrected chi connectivity index (χ0v) is 12.8. The van der Waals surface area contributed by atoms with Gasteiger partial charge in [0.15, 0.2) is 0 Å². The molecule has 5 nitrogen and oxygen atoms in total. The second kappa shape index (κ2) is 5.52. The number of hydrogen-bond acceptors (Lipinski definition) is 4. The van der Waals surface area contributed by atoms with Crippen molar-refractivity contribution in [3.63, 3.8) is 0 Å². The highest BCUT2D eigenvalue weighted by Crippen LogP contribution is 2.34. The van der Waals surface area contributed by atoms with E-state index in [0.29, 0.717) is 25.5 Å². The van der Waals surface area contributed by atoms with Gasteiger partial charge in [-0.25, -0.2) is 4.98 Å². The molecule has 1 atom stereocenters. The van der Waals surface area contributed by atoms with E-state index in [1.165, 1.54) is 6.20 Å². The number of rotatable bonds is 2. The third-order valence-electron chi connectivity index (χ3n) is 3.99. The largest absolute Gasteiger partial charge is 0.416 e. The zero-order valence-electron chi connectivity index (χ0n) is 12.8. The maximum absolute atomic E-state index is 12.9. The Hall–Kier alpha value is -2.09. The summed E-state index contributed by atoms with van der Waals surface area (Å²) in [6.45, 7) is 3.21. The highest BCUT2D eigenvalue weighted by molar-refractivity contribution is 5.43. The minimum atomic E-state index is -4.38. The molecule has 0 N–H and O–H groups in total. The molecular formula is C15H17F3N4O. The van der Waals surface area contributed by atoms with Crippen LogP contribution in [0, 0.1) is 0 Å². The molecule has 8 heteroatoms. The Kier molecular flexibility index (Phi) is 3.79. The highest BCUT2D eigenvalue weighted by Gasteiger charge is 2.36. The van der Waals surface area contributed by atoms with Crippen LogP contribution in [0.25, 0.3) is 0 Å². The van der Waals surface area contributed by atoms with Crippen LogP contribution in [0.5, 0.6) is 0 Å². The summed E-state index contributed by atoms with van der Waals surface area (Å²) >= 11 is 0. The molecule has 0 amide bonds. The number of pyridine rings is 1. The molecule has 2 aromatic heterocycles. The monoisotopic (exact) mass is 326 g/mol. The summed E-state index contributed by atoms with van der Waals surface area (Å²) in [7, 11) is 1.81. The predicted octanol–water partition coefficient (Wildman–Crippen LogP) is 2.59. The third-order valence-corrected chi connectivity index (χ3v) is 3.99. The fraction of sp³-hybridized carbons (Fsp3) is 0.467. The van der Waals surface area contributed by atoms with E-state index < -0.39 is 17.3 Å². The summed E-state index contributed by atoms with van der Waals surface area (Å²) in [5.41, 5.74) is -0.448. The van der Waals surface area contributed by atoms with Gasteiger partial charge in [0.05, 0.1) is 24.9 Å². The van der Waals surface area contributed by atoms with Crippen molar-refractivity contribution in [3.8, 4) is 0 Å². The smallest absolute Gasteiger partial charge is 0.367 e. The fourth-order valence-corrected chi connectivity index (χ4v) is 2.70. The topological polar surface area (TPSA) is 43.2 Å². The minimum absolute atomic E-state index is 0.304. The first-order valence-corrected chi connectivity index (χ1v) is 7.19. The highest BCUT2D eigenvalue weighted by atomic mass is 19.4. The Morgan fingerprint density at radius 3 is 2.78 bits per heavy atom. The Morgan fingerprint density at radius 1 is 1.35 bits per heavy atom. The molecule has 0 aliphatic carbocycles. The van der Waals surface area contributed by atoms with Crippen LogP contribution in [-0.4, -0.2) is 34.5 Å². The van der Waals surface area contributed by atoms with Gasteiger partial charge in [0.25, 0.3) is 0 Å². The van der Waals surface area contributed by atoms with E-state index in [1.807, 2.05) is 25.1 Å². The number of morpholine rings is 1. The van der Waals surface area contributed by atoms with Crippen LogP contribution in [0.1, 0.15) is 18.1 Å². The summed E-state index contributed by atoms with van der Waals surface area (Å²) < 4.78 is 46.2. The van der Waals surface area contributed by atoms with E-state index in [4.69, 9.17) is 4.74 Å². The maximum atomic E-state index is 12.9. The van der Waals surface area contributed by atoms with Crippen molar-refractivity contribution in [2.24, 2.45) is 7.05 Å². The van der Waals surface area contributed by atoms with Crippen LogP contribution in [0.15, 0.2) is 30.7 Å². The van der Waals surface area contributed by atoms with Gasteiger partial charge in [-0.15, -0.1) is 0 Å². The van der Waals surface area contributed by atoms with Crippen molar-refractivity contribution in [2.75, 3.05) is 24.6 Å². The average molecular weight is 326 g/mol. The number of halogens is 3. The van der Waals surface area contributed by atoms with Crippen LogP contribution in [-0.2, 0) is 23.6 Å². The number of aryl methyl sites for hydroxylation is 1. The molecule has 1 saturated heterocycles. The first kappa shape index (κ1) is 15.8. The molecule has 1 unspecified atom stereocenters. The van der Waals surface area contributed by atoms with Gasteiger partial charge in [-0.3, -0.25) is 4.68 Å². The van der Waals surface area contributed by atoms with Gasteiger partial charge in [-0.05, 0) is 19.1 Å². The van der Waals surface area contributed by atoms with Crippen LogP contribution < -0.4 is 4.90 Å². The van der Waals surface area contributed by atoms with Crippen molar-refractivity contribution in [1.29, 1.82) is 0 Å². The Balaban J connectivity index is 1.87. The molecule has 1 aliphatic heterocycles. The summed E-state index contributed by atoms with van der Waals surface area (Å²) in [4.78, 5) is 5.90. The lowest BCUT2D eigenvalue weighted by Crippen LogP contribution is -2.48. The number of nitrogens with zero attached hydrogens (tertiary/aromatic N) is 4. The van der Waals surface area contributed by atoms with Crippen LogP contribution >= 0.6 is 0 Å². The Morgan fingerprint density at radius 2 is 2.13 bits per heavy atom. The van der Waals surface area contributed by atoms with Crippen LogP contribution in [0.4, 0.5) is 19.0 Å². The van der Waals surface area contributed by atoms with Crippen LogP contribution in [0.2, 0.25) is 0 Å². The number of aromatic nitrogens is 3. The molecule has 0 aromatic carbocycles. The SMILES string of the molecule is Cn1cc(C2(C)CN(c3cc(C(F)(F)F)ccn3)CCO2)cn1. The van der Waals surface area contributed by atoms with Gasteiger partial charge < -0.3 is 9.64 Å². The molecular weight excluding hydrogens is 309 g/mol. The lowest BCUT2D eigenvalue weighted by Gasteiger charge is -2.40. The van der Waals surface area contributed by atoms with E-state index >= 15 is 0 Å². The van der Waals surface area contributed by atoms with E-state index in [-0.39, 0.29) is 0 Å². The zero-order chi connectivity index (χ0) is 16.7. The number of alkyl halides is 3. The molecule has 2 aromatic rings. The number of hydrogen-bond donors (Lipinski definition) is 0. The number of ether oxygens (including phenoxy) is 1. The normalized spacial score (nSPS) is 22.4. The molecule has 124 valence electrons. The summed E-state index contributed by atoms with van der Waals surface area (Å²) in [5.74, 6) is 0.304. The van der Waals surface area contributed by atoms with Gasteiger partial charge in [0.2, 0.25) is 0 Å². The molecule has 1 aliphatic rings. The van der Waals surface area contributed by atoms with E-state index in [2.05, 4.69) is 10.1 Å². The van der Waals surface area contributed by atoms with Gasteiger partial charge in [-0.1, -0.05) is 0 Å². The second-order valence-corrected chi connectivity index (χ2v) is 5.80. The summed E-state index contributed by atoms with van der Waals surface area (Å²) in [5, 5.41) is 4.13. The second-order valence-electron chi connectivity index (χ2n) is 5.80. The lowest BCUT2D eigenvalue weighted by atomic mass is 9.97. The molecule has 23 heavy (non-hydrogen) atoms. The van der Waals surface area contributed by atoms with Crippen molar-refractivity contribution >= 4 is 5.82 Å². The lowest BCUT2D eigenvalue weighted by molar-refractivity contribution is -0.137.